The summed E-state index contributed by atoms with van der Waals surface area (Å²) in [7, 11) is 0. The molecule has 2 aliphatic rings. The Morgan fingerprint density at radius 3 is 2.27 bits per heavy atom. The fraction of sp³-hybridized carbons (Fsp3) is 0.478. The molecule has 0 amide bonds. The Balaban J connectivity index is 0.00000169. The maximum absolute atomic E-state index is 2.58. The molecule has 140 valence electrons. The second kappa shape index (κ2) is 9.66. The summed E-state index contributed by atoms with van der Waals surface area (Å²) in [6.07, 6.45) is 6.22. The van der Waals surface area contributed by atoms with Crippen molar-refractivity contribution in [2.45, 2.75) is 67.6 Å². The second-order valence-electron chi connectivity index (χ2n) is 7.51. The molecule has 0 radical (unpaired) electrons. The van der Waals surface area contributed by atoms with Crippen LogP contribution in [0.5, 0.6) is 0 Å². The van der Waals surface area contributed by atoms with Gasteiger partial charge in [0.25, 0.3) is 0 Å². The molecule has 0 bridgehead atoms. The molecule has 2 unspecified atom stereocenters. The van der Waals surface area contributed by atoms with Crippen molar-refractivity contribution in [2.75, 3.05) is 0 Å². The molecule has 0 aliphatic heterocycles. The molecule has 0 N–H and O–H groups in total. The van der Waals surface area contributed by atoms with Crippen molar-refractivity contribution in [3.63, 3.8) is 0 Å². The van der Waals surface area contributed by atoms with Gasteiger partial charge in [0.05, 0.1) is 0 Å². The number of halogens is 2. The maximum atomic E-state index is 2.58. The Bertz CT molecular complexity index is 757. The minimum atomic E-state index is -0.717. The van der Waals surface area contributed by atoms with Crippen molar-refractivity contribution < 1.29 is 57.2 Å². The fourth-order valence-electron chi connectivity index (χ4n) is 4.52. The van der Waals surface area contributed by atoms with E-state index in [0.717, 1.165) is 3.63 Å². The Morgan fingerprint density at radius 2 is 1.65 bits per heavy atom. The van der Waals surface area contributed by atoms with E-state index < -0.39 is 23.2 Å². The zero-order valence-electron chi connectivity index (χ0n) is 16.8. The van der Waals surface area contributed by atoms with Crippen molar-refractivity contribution in [3.05, 3.63) is 63.3 Å². The first-order valence-corrected chi connectivity index (χ1v) is 12.0. The minimum absolute atomic E-state index is 0. The SMILES string of the molecule is CCCC1=C(C)C(C)=C(C)[C]1(C)[Zr+2][CH]1C(CC)=Cc2ccccc21.[Br-].[Br-]. The van der Waals surface area contributed by atoms with Gasteiger partial charge in [-0.3, -0.25) is 0 Å². The van der Waals surface area contributed by atoms with Gasteiger partial charge in [-0.05, 0) is 0 Å². The summed E-state index contributed by atoms with van der Waals surface area (Å²) in [5.41, 5.74) is 11.4. The molecule has 1 aromatic rings. The van der Waals surface area contributed by atoms with Crippen LogP contribution in [0.3, 0.4) is 0 Å². The molecule has 0 saturated heterocycles. The van der Waals surface area contributed by atoms with Crippen molar-refractivity contribution in [2.24, 2.45) is 0 Å². The van der Waals surface area contributed by atoms with Gasteiger partial charge in [-0.15, -0.1) is 0 Å². The van der Waals surface area contributed by atoms with Crippen LogP contribution in [0.15, 0.2) is 52.1 Å². The molecule has 26 heavy (non-hydrogen) atoms. The Labute approximate surface area is 192 Å². The van der Waals surface area contributed by atoms with E-state index in [-0.39, 0.29) is 34.0 Å². The standard InChI is InChI=1S/C12H19.C11H11.2BrH.Zr/c1-6-7-12-10(4)8(2)9(3)11(12)5;1-2-9-7-10-5-3-4-6-11(10)8-9;;;/h6-7H2,1-5H3;3-8H,2H2,1H3;2*1H;/q;;;;+2/p-2. The van der Waals surface area contributed by atoms with Gasteiger partial charge in [0.15, 0.2) is 0 Å². The average Bonchev–Trinajstić information content (AvgIpc) is 3.01. The number of fused-ring (bicyclic) bond motifs is 1. The second-order valence-corrected chi connectivity index (χ2v) is 12.1. The topological polar surface area (TPSA) is 0 Å². The van der Waals surface area contributed by atoms with Crippen LogP contribution in [0.2, 0.25) is 3.12 Å². The molecule has 3 rings (SSSR count). The molecule has 3 heteroatoms. The number of hydrogen-bond donors (Lipinski definition) is 0. The third kappa shape index (κ3) is 4.01. The molecule has 0 heterocycles. The maximum Gasteiger partial charge on any atom is -1.00 e. The predicted molar refractivity (Wildman–Crippen MR) is 102 cm³/mol. The first-order chi connectivity index (χ1) is 11.4. The van der Waals surface area contributed by atoms with Gasteiger partial charge in [-0.1, -0.05) is 0 Å². The number of allylic oxidation sites excluding steroid dienone is 5. The summed E-state index contributed by atoms with van der Waals surface area (Å²) in [6, 6.07) is 9.12. The molecule has 0 fully saturated rings. The summed E-state index contributed by atoms with van der Waals surface area (Å²) in [6.45, 7) is 14.4. The Hall–Kier alpha value is 0.283. The average molecular weight is 558 g/mol. The van der Waals surface area contributed by atoms with Gasteiger partial charge >= 0.3 is 160 Å². The van der Waals surface area contributed by atoms with Crippen LogP contribution in [0, 0.1) is 0 Å². The number of benzene rings is 1. The van der Waals surface area contributed by atoms with Crippen LogP contribution < -0.4 is 34.0 Å². The molecule has 0 aromatic heterocycles. The number of rotatable bonds is 5. The third-order valence-corrected chi connectivity index (χ3v) is 11.8. The molecule has 2 atom stereocenters. The van der Waals surface area contributed by atoms with E-state index in [9.17, 15) is 0 Å². The quantitative estimate of drug-likeness (QED) is 0.512. The zero-order valence-corrected chi connectivity index (χ0v) is 22.5. The Morgan fingerprint density at radius 1 is 1.00 bits per heavy atom. The van der Waals surface area contributed by atoms with Crippen LogP contribution in [-0.2, 0) is 23.2 Å². The van der Waals surface area contributed by atoms with Gasteiger partial charge < -0.3 is 34.0 Å². The van der Waals surface area contributed by atoms with Crippen LogP contribution in [0.25, 0.3) is 6.08 Å². The first kappa shape index (κ1) is 24.3. The van der Waals surface area contributed by atoms with Gasteiger partial charge in [0, 0.05) is 0 Å². The van der Waals surface area contributed by atoms with Gasteiger partial charge in [-0.2, -0.15) is 0 Å². The number of hydrogen-bond acceptors (Lipinski definition) is 0. The van der Waals surface area contributed by atoms with E-state index in [1.165, 1.54) is 24.8 Å². The summed E-state index contributed by atoms with van der Waals surface area (Å²) < 4.78 is 1.14. The molecular weight excluding hydrogens is 527 g/mol. The minimum Gasteiger partial charge on any atom is -1.00 e. The predicted octanol–water partition coefficient (Wildman–Crippen LogP) is 1.27. The van der Waals surface area contributed by atoms with Crippen molar-refractivity contribution in [1.29, 1.82) is 0 Å². The van der Waals surface area contributed by atoms with E-state index in [2.05, 4.69) is 71.9 Å². The largest absolute Gasteiger partial charge is 1.00 e. The summed E-state index contributed by atoms with van der Waals surface area (Å²) in [5, 5.41) is 0. The molecular formula is C23H30Br2Zr. The van der Waals surface area contributed by atoms with Crippen LogP contribution in [0.4, 0.5) is 0 Å². The smallest absolute Gasteiger partial charge is 1.00 e. The summed E-state index contributed by atoms with van der Waals surface area (Å²) in [4.78, 5) is 0. The van der Waals surface area contributed by atoms with Crippen molar-refractivity contribution in [3.8, 4) is 0 Å². The summed E-state index contributed by atoms with van der Waals surface area (Å²) >= 11 is -0.717. The fourth-order valence-corrected chi connectivity index (χ4v) is 10.3. The molecule has 0 saturated carbocycles. The third-order valence-electron chi connectivity index (χ3n) is 6.29. The van der Waals surface area contributed by atoms with Gasteiger partial charge in [0.2, 0.25) is 0 Å². The van der Waals surface area contributed by atoms with Gasteiger partial charge in [0.1, 0.15) is 0 Å². The summed E-state index contributed by atoms with van der Waals surface area (Å²) in [5.74, 6) is 0. The monoisotopic (exact) mass is 554 g/mol. The molecule has 0 nitrogen and oxygen atoms in total. The normalized spacial score (nSPS) is 23.9. The van der Waals surface area contributed by atoms with E-state index in [1.54, 1.807) is 33.4 Å². The van der Waals surface area contributed by atoms with E-state index in [1.807, 2.05) is 0 Å². The molecule has 0 spiro atoms. The molecule has 2 aliphatic carbocycles. The zero-order chi connectivity index (χ0) is 17.5. The van der Waals surface area contributed by atoms with Crippen molar-refractivity contribution in [1.82, 2.24) is 0 Å². The van der Waals surface area contributed by atoms with E-state index in [4.69, 9.17) is 0 Å². The Kier molecular flexibility index (Phi) is 9.04. The van der Waals surface area contributed by atoms with Crippen LogP contribution in [-0.4, -0.2) is 0 Å². The van der Waals surface area contributed by atoms with Gasteiger partial charge in [-0.25, -0.2) is 0 Å². The van der Waals surface area contributed by atoms with Crippen molar-refractivity contribution >= 4 is 6.08 Å². The van der Waals surface area contributed by atoms with Crippen LogP contribution >= 0.6 is 0 Å². The molecule has 1 aromatic carbocycles. The van der Waals surface area contributed by atoms with E-state index >= 15 is 0 Å². The van der Waals surface area contributed by atoms with Crippen LogP contribution in [0.1, 0.15) is 75.6 Å². The first-order valence-electron chi connectivity index (χ1n) is 9.39. The van der Waals surface area contributed by atoms with E-state index in [0.29, 0.717) is 3.12 Å².